The van der Waals surface area contributed by atoms with Crippen LogP contribution in [-0.2, 0) is 17.3 Å². The Labute approximate surface area is 122 Å². The van der Waals surface area contributed by atoms with Crippen molar-refractivity contribution in [2.24, 2.45) is 0 Å². The minimum atomic E-state index is -0.753. The number of hydrogen-bond acceptors (Lipinski definition) is 4. The number of rotatable bonds is 5. The molecule has 0 aliphatic rings. The van der Waals surface area contributed by atoms with Gasteiger partial charge in [0.05, 0.1) is 17.5 Å². The Balaban J connectivity index is 2.44. The number of nitrogens with zero attached hydrogens (tertiary/aromatic N) is 3. The summed E-state index contributed by atoms with van der Waals surface area (Å²) in [4.78, 5) is 8.85. The maximum absolute atomic E-state index is 11.2. The van der Waals surface area contributed by atoms with E-state index in [9.17, 15) is 4.21 Å². The first kappa shape index (κ1) is 15.0. The Hall–Kier alpha value is -1.43. The number of hydrogen-bond donors (Lipinski definition) is 1. The number of imidazole rings is 1. The monoisotopic (exact) mass is 294 g/mol. The lowest BCUT2D eigenvalue weighted by atomic mass is 10.0. The number of nitrogens with two attached hydrogens (primary N) is 1. The van der Waals surface area contributed by atoms with E-state index in [0.717, 1.165) is 35.3 Å². The van der Waals surface area contributed by atoms with Crippen LogP contribution in [0.3, 0.4) is 0 Å². The molecule has 0 fully saturated rings. The molecule has 0 bridgehead atoms. The molecule has 0 aromatic carbocycles. The molecule has 2 N–H and O–H groups in total. The molecule has 1 atom stereocenters. The molecule has 0 aliphatic carbocycles. The lowest BCUT2D eigenvalue weighted by molar-refractivity contribution is 0.667. The highest BCUT2D eigenvalue weighted by molar-refractivity contribution is 7.84. The molecule has 110 valence electrons. The standard InChI is InChI=1S/C14H22N4OS/c1-9(2)11-10(3)13-12(14(15)17-11)16-8-18(13)6-5-7-20(4)19/h8-9H,5-7H2,1-4H3,(H2,15,17). The fourth-order valence-electron chi connectivity index (χ4n) is 2.52. The van der Waals surface area contributed by atoms with Gasteiger partial charge < -0.3 is 10.3 Å². The van der Waals surface area contributed by atoms with Crippen LogP contribution in [-0.4, -0.2) is 30.8 Å². The number of aryl methyl sites for hydroxylation is 2. The van der Waals surface area contributed by atoms with E-state index < -0.39 is 10.8 Å². The summed E-state index contributed by atoms with van der Waals surface area (Å²) in [6.45, 7) is 7.10. The van der Waals surface area contributed by atoms with Crippen LogP contribution in [0.4, 0.5) is 5.82 Å². The first-order chi connectivity index (χ1) is 9.41. The SMILES string of the molecule is Cc1c(C(C)C)nc(N)c2ncn(CCCS(C)=O)c12. The normalized spacial score (nSPS) is 13.2. The highest BCUT2D eigenvalue weighted by Crippen LogP contribution is 2.28. The van der Waals surface area contributed by atoms with Crippen molar-refractivity contribution in [2.75, 3.05) is 17.7 Å². The third kappa shape index (κ3) is 2.85. The van der Waals surface area contributed by atoms with Crippen molar-refractivity contribution < 1.29 is 4.21 Å². The van der Waals surface area contributed by atoms with Gasteiger partial charge >= 0.3 is 0 Å². The number of nitrogen functional groups attached to an aromatic ring is 1. The summed E-state index contributed by atoms with van der Waals surface area (Å²) in [6.07, 6.45) is 4.40. The molecular weight excluding hydrogens is 272 g/mol. The van der Waals surface area contributed by atoms with E-state index >= 15 is 0 Å². The van der Waals surface area contributed by atoms with Crippen molar-refractivity contribution in [3.8, 4) is 0 Å². The number of pyridine rings is 1. The van der Waals surface area contributed by atoms with E-state index in [0.29, 0.717) is 17.5 Å². The van der Waals surface area contributed by atoms with Gasteiger partial charge in [-0.2, -0.15) is 0 Å². The molecule has 0 radical (unpaired) electrons. The molecule has 0 spiro atoms. The molecule has 2 rings (SSSR count). The third-order valence-electron chi connectivity index (χ3n) is 3.44. The summed E-state index contributed by atoms with van der Waals surface area (Å²) in [5.41, 5.74) is 10.0. The van der Waals surface area contributed by atoms with E-state index in [1.165, 1.54) is 0 Å². The molecule has 0 saturated carbocycles. The van der Waals surface area contributed by atoms with Crippen LogP contribution < -0.4 is 5.73 Å². The lowest BCUT2D eigenvalue weighted by Gasteiger charge is -2.13. The molecule has 2 aromatic heterocycles. The maximum atomic E-state index is 11.2. The Morgan fingerprint density at radius 1 is 1.45 bits per heavy atom. The second-order valence-electron chi connectivity index (χ2n) is 5.43. The Bertz CT molecular complexity index is 648. The predicted octanol–water partition coefficient (Wildman–Crippen LogP) is 2.21. The van der Waals surface area contributed by atoms with Gasteiger partial charge in [-0.3, -0.25) is 4.21 Å². The van der Waals surface area contributed by atoms with Crippen LogP contribution >= 0.6 is 0 Å². The molecular formula is C14H22N4OS. The molecule has 1 unspecified atom stereocenters. The number of fused-ring (bicyclic) bond motifs is 1. The molecule has 2 aromatic rings. The molecule has 20 heavy (non-hydrogen) atoms. The van der Waals surface area contributed by atoms with Crippen LogP contribution in [0, 0.1) is 6.92 Å². The summed E-state index contributed by atoms with van der Waals surface area (Å²) >= 11 is 0. The molecule has 0 saturated heterocycles. The minimum absolute atomic E-state index is 0.327. The van der Waals surface area contributed by atoms with Crippen LogP contribution in [0.2, 0.25) is 0 Å². The molecule has 5 nitrogen and oxygen atoms in total. The first-order valence-electron chi connectivity index (χ1n) is 6.82. The summed E-state index contributed by atoms with van der Waals surface area (Å²) < 4.78 is 13.3. The van der Waals surface area contributed by atoms with Gasteiger partial charge in [-0.05, 0) is 24.8 Å². The second-order valence-corrected chi connectivity index (χ2v) is 6.98. The Morgan fingerprint density at radius 3 is 2.75 bits per heavy atom. The molecule has 0 aliphatic heterocycles. The van der Waals surface area contributed by atoms with Gasteiger partial charge in [0.15, 0.2) is 5.82 Å². The minimum Gasteiger partial charge on any atom is -0.382 e. The smallest absolute Gasteiger partial charge is 0.151 e. The van der Waals surface area contributed by atoms with Gasteiger partial charge in [0.1, 0.15) is 5.52 Å². The summed E-state index contributed by atoms with van der Waals surface area (Å²) in [5, 5.41) is 0. The fourth-order valence-corrected chi connectivity index (χ4v) is 3.06. The highest BCUT2D eigenvalue weighted by Gasteiger charge is 2.16. The van der Waals surface area contributed by atoms with Crippen LogP contribution in [0.1, 0.15) is 37.4 Å². The fraction of sp³-hybridized carbons (Fsp3) is 0.571. The van der Waals surface area contributed by atoms with Gasteiger partial charge in [-0.25, -0.2) is 9.97 Å². The zero-order chi connectivity index (χ0) is 14.9. The van der Waals surface area contributed by atoms with Gasteiger partial charge in [-0.15, -0.1) is 0 Å². The van der Waals surface area contributed by atoms with Gasteiger partial charge in [0, 0.05) is 29.4 Å². The van der Waals surface area contributed by atoms with Crippen molar-refractivity contribution in [1.82, 2.24) is 14.5 Å². The van der Waals surface area contributed by atoms with Crippen molar-refractivity contribution in [3.63, 3.8) is 0 Å². The Kier molecular flexibility index (Phi) is 4.42. The van der Waals surface area contributed by atoms with E-state index in [1.807, 2.05) is 0 Å². The van der Waals surface area contributed by atoms with E-state index in [4.69, 9.17) is 5.73 Å². The molecule has 0 amide bonds. The zero-order valence-corrected chi connectivity index (χ0v) is 13.3. The first-order valence-corrected chi connectivity index (χ1v) is 8.55. The molecule has 6 heteroatoms. The third-order valence-corrected chi connectivity index (χ3v) is 4.30. The quantitative estimate of drug-likeness (QED) is 0.917. The van der Waals surface area contributed by atoms with Crippen molar-refractivity contribution >= 4 is 27.7 Å². The van der Waals surface area contributed by atoms with E-state index in [-0.39, 0.29) is 0 Å². The summed E-state index contributed by atoms with van der Waals surface area (Å²) in [7, 11) is -0.753. The van der Waals surface area contributed by atoms with Crippen molar-refractivity contribution in [2.45, 2.75) is 39.7 Å². The van der Waals surface area contributed by atoms with Crippen LogP contribution in [0.15, 0.2) is 6.33 Å². The predicted molar refractivity (Wildman–Crippen MR) is 84.3 cm³/mol. The van der Waals surface area contributed by atoms with E-state index in [2.05, 4.69) is 35.3 Å². The van der Waals surface area contributed by atoms with Gasteiger partial charge in [0.2, 0.25) is 0 Å². The Morgan fingerprint density at radius 2 is 2.15 bits per heavy atom. The largest absolute Gasteiger partial charge is 0.382 e. The summed E-state index contributed by atoms with van der Waals surface area (Å²) in [6, 6.07) is 0. The van der Waals surface area contributed by atoms with Crippen molar-refractivity contribution in [1.29, 1.82) is 0 Å². The summed E-state index contributed by atoms with van der Waals surface area (Å²) in [5.74, 6) is 1.52. The van der Waals surface area contributed by atoms with Crippen molar-refractivity contribution in [3.05, 3.63) is 17.6 Å². The van der Waals surface area contributed by atoms with Crippen LogP contribution in [0.5, 0.6) is 0 Å². The maximum Gasteiger partial charge on any atom is 0.151 e. The number of aromatic nitrogens is 3. The lowest BCUT2D eigenvalue weighted by Crippen LogP contribution is -2.06. The van der Waals surface area contributed by atoms with Gasteiger partial charge in [0.25, 0.3) is 0 Å². The molecule has 2 heterocycles. The highest BCUT2D eigenvalue weighted by atomic mass is 32.2. The topological polar surface area (TPSA) is 73.8 Å². The average Bonchev–Trinajstić information content (AvgIpc) is 2.78. The number of anilines is 1. The second kappa shape index (κ2) is 5.91. The zero-order valence-electron chi connectivity index (χ0n) is 12.5. The van der Waals surface area contributed by atoms with Gasteiger partial charge in [-0.1, -0.05) is 13.8 Å². The average molecular weight is 294 g/mol. The van der Waals surface area contributed by atoms with Crippen LogP contribution in [0.25, 0.3) is 11.0 Å². The van der Waals surface area contributed by atoms with E-state index in [1.54, 1.807) is 12.6 Å².